The summed E-state index contributed by atoms with van der Waals surface area (Å²) >= 11 is 0. The Hall–Kier alpha value is -2.80. The Balaban J connectivity index is 2.80. The van der Waals surface area contributed by atoms with E-state index in [2.05, 4.69) is 33.7 Å². The number of aliphatic hydroxyl groups excluding tert-OH is 2. The molecule has 1 aromatic carbocycles. The molecule has 1 rings (SSSR count). The summed E-state index contributed by atoms with van der Waals surface area (Å²) in [6, 6.07) is 5.19. The molecule has 0 aromatic heterocycles. The molecule has 0 aliphatic carbocycles. The summed E-state index contributed by atoms with van der Waals surface area (Å²) < 4.78 is 4.54. The molecule has 0 fully saturated rings. The molecule has 0 aliphatic heterocycles. The molecule has 3 N–H and O–H groups in total. The number of rotatable bonds is 4. The van der Waals surface area contributed by atoms with Crippen LogP contribution in [0, 0.1) is 23.7 Å². The van der Waals surface area contributed by atoms with E-state index in [4.69, 9.17) is 5.11 Å². The average molecular weight is 329 g/mol. The van der Waals surface area contributed by atoms with Crippen LogP contribution in [0.4, 0.5) is 0 Å². The zero-order valence-corrected chi connectivity index (χ0v) is 13.7. The van der Waals surface area contributed by atoms with Crippen LogP contribution >= 0.6 is 0 Å². The van der Waals surface area contributed by atoms with E-state index in [1.165, 1.54) is 33.1 Å². The number of aliphatic hydroxyl groups is 2. The van der Waals surface area contributed by atoms with Gasteiger partial charge in [0.25, 0.3) is 5.91 Å². The second-order valence-electron chi connectivity index (χ2n) is 4.99. The molecule has 3 atom stereocenters. The number of esters is 1. The van der Waals surface area contributed by atoms with Crippen molar-refractivity contribution in [1.82, 2.24) is 5.32 Å². The van der Waals surface area contributed by atoms with Crippen LogP contribution in [0.15, 0.2) is 24.3 Å². The molecule has 0 aliphatic rings. The van der Waals surface area contributed by atoms with Gasteiger partial charge in [-0.15, -0.1) is 0 Å². The molecule has 0 saturated heterocycles. The number of nitrogens with one attached hydrogen (secondary N) is 1. The number of carbonyl (C=O) groups excluding carboxylic acids is 2. The highest BCUT2D eigenvalue weighted by atomic mass is 16.5. The van der Waals surface area contributed by atoms with E-state index in [0.717, 1.165) is 0 Å². The molecule has 24 heavy (non-hydrogen) atoms. The molecule has 6 heteroatoms. The van der Waals surface area contributed by atoms with E-state index in [1.54, 1.807) is 12.1 Å². The molecule has 0 radical (unpaired) electrons. The summed E-state index contributed by atoms with van der Waals surface area (Å²) in [6.07, 6.45) is -1.82. The van der Waals surface area contributed by atoms with Crippen LogP contribution in [-0.4, -0.2) is 47.4 Å². The van der Waals surface area contributed by atoms with Gasteiger partial charge in [-0.25, -0.2) is 4.79 Å². The van der Waals surface area contributed by atoms with Crippen LogP contribution in [0.2, 0.25) is 0 Å². The van der Waals surface area contributed by atoms with Gasteiger partial charge in [0.1, 0.15) is 6.10 Å². The monoisotopic (exact) mass is 329 g/mol. The van der Waals surface area contributed by atoms with Crippen molar-refractivity contribution < 1.29 is 24.5 Å². The first-order valence-corrected chi connectivity index (χ1v) is 7.21. The highest BCUT2D eigenvalue weighted by Crippen LogP contribution is 2.05. The Morgan fingerprint density at radius 2 is 1.75 bits per heavy atom. The lowest BCUT2D eigenvalue weighted by atomic mass is 10.1. The van der Waals surface area contributed by atoms with Crippen molar-refractivity contribution >= 4 is 11.9 Å². The molecule has 6 nitrogen and oxygen atoms in total. The Bertz CT molecular complexity index is 699. The number of carbonyl (C=O) groups is 2. The number of hydrogen-bond acceptors (Lipinski definition) is 5. The lowest BCUT2D eigenvalue weighted by molar-refractivity contribution is -0.145. The van der Waals surface area contributed by atoms with E-state index < -0.39 is 30.1 Å². The first-order chi connectivity index (χ1) is 11.3. The van der Waals surface area contributed by atoms with Crippen LogP contribution in [0.3, 0.4) is 0 Å². The van der Waals surface area contributed by atoms with Crippen LogP contribution in [0.5, 0.6) is 0 Å². The van der Waals surface area contributed by atoms with Crippen molar-refractivity contribution in [3.63, 3.8) is 0 Å². The minimum atomic E-state index is -1.14. The first kappa shape index (κ1) is 19.2. The highest BCUT2D eigenvalue weighted by Gasteiger charge is 2.26. The molecule has 0 spiro atoms. The summed E-state index contributed by atoms with van der Waals surface area (Å²) in [5.41, 5.74) is 0.955. The molecule has 1 aromatic rings. The predicted octanol–water partition coefficient (Wildman–Crippen LogP) is 0.0745. The van der Waals surface area contributed by atoms with Crippen molar-refractivity contribution in [1.29, 1.82) is 0 Å². The van der Waals surface area contributed by atoms with Gasteiger partial charge in [-0.2, -0.15) is 0 Å². The number of ether oxygens (including phenoxy) is 1. The molecule has 0 bridgehead atoms. The van der Waals surface area contributed by atoms with E-state index in [0.29, 0.717) is 11.1 Å². The molecule has 0 unspecified atom stereocenters. The Kier molecular flexibility index (Phi) is 7.51. The van der Waals surface area contributed by atoms with E-state index in [9.17, 15) is 14.7 Å². The standard InChI is InChI=1S/C18H19NO5/c1-12(20)6-4-5-7-14-8-10-15(11-9-14)17(22)19-16(13(2)21)18(23)24-3/h8-13,16,20-21H,1-3H3,(H,19,22)/t12-,13+,16-/m0/s1. The predicted molar refractivity (Wildman–Crippen MR) is 87.7 cm³/mol. The van der Waals surface area contributed by atoms with E-state index in [1.807, 2.05) is 0 Å². The fraction of sp³-hybridized carbons (Fsp3) is 0.333. The van der Waals surface area contributed by atoms with Gasteiger partial charge in [0.15, 0.2) is 6.04 Å². The summed E-state index contributed by atoms with van der Waals surface area (Å²) in [7, 11) is 1.18. The number of amides is 1. The zero-order valence-electron chi connectivity index (χ0n) is 13.7. The fourth-order valence-corrected chi connectivity index (χ4v) is 1.68. The van der Waals surface area contributed by atoms with Crippen LogP contribution < -0.4 is 5.32 Å². The maximum Gasteiger partial charge on any atom is 0.331 e. The number of benzene rings is 1. The molecular formula is C18H19NO5. The van der Waals surface area contributed by atoms with Gasteiger partial charge in [0, 0.05) is 11.1 Å². The topological polar surface area (TPSA) is 95.9 Å². The van der Waals surface area contributed by atoms with Gasteiger partial charge >= 0.3 is 5.97 Å². The molecule has 1 amide bonds. The Labute approximate surface area is 140 Å². The highest BCUT2D eigenvalue weighted by molar-refractivity contribution is 5.97. The number of methoxy groups -OCH3 is 1. The maximum absolute atomic E-state index is 12.1. The summed E-state index contributed by atoms with van der Waals surface area (Å²) in [4.78, 5) is 23.6. The third kappa shape index (κ3) is 6.13. The zero-order chi connectivity index (χ0) is 18.1. The van der Waals surface area contributed by atoms with Crippen LogP contribution in [0.25, 0.3) is 0 Å². The van der Waals surface area contributed by atoms with Crippen LogP contribution in [0.1, 0.15) is 29.8 Å². The smallest absolute Gasteiger partial charge is 0.331 e. The molecule has 126 valence electrons. The van der Waals surface area contributed by atoms with Gasteiger partial charge in [-0.1, -0.05) is 11.8 Å². The largest absolute Gasteiger partial charge is 0.467 e. The van der Waals surface area contributed by atoms with Gasteiger partial charge in [-0.3, -0.25) is 4.79 Å². The second kappa shape index (κ2) is 9.36. The third-order valence-corrected chi connectivity index (χ3v) is 2.92. The lowest BCUT2D eigenvalue weighted by Gasteiger charge is -2.18. The fourth-order valence-electron chi connectivity index (χ4n) is 1.68. The van der Waals surface area contributed by atoms with Gasteiger partial charge in [0.05, 0.1) is 13.2 Å². The van der Waals surface area contributed by atoms with Crippen molar-refractivity contribution in [2.24, 2.45) is 0 Å². The third-order valence-electron chi connectivity index (χ3n) is 2.92. The summed E-state index contributed by atoms with van der Waals surface area (Å²) in [5.74, 6) is 9.12. The van der Waals surface area contributed by atoms with Gasteiger partial charge < -0.3 is 20.3 Å². The second-order valence-corrected chi connectivity index (χ2v) is 4.99. The first-order valence-electron chi connectivity index (χ1n) is 7.21. The summed E-state index contributed by atoms with van der Waals surface area (Å²) in [5, 5.41) is 20.9. The lowest BCUT2D eigenvalue weighted by Crippen LogP contribution is -2.48. The Morgan fingerprint density at radius 3 is 2.25 bits per heavy atom. The van der Waals surface area contributed by atoms with Gasteiger partial charge in [-0.05, 0) is 50.0 Å². The average Bonchev–Trinajstić information content (AvgIpc) is 2.55. The van der Waals surface area contributed by atoms with E-state index in [-0.39, 0.29) is 0 Å². The molecule has 0 heterocycles. The molecule has 0 saturated carbocycles. The Morgan fingerprint density at radius 1 is 1.12 bits per heavy atom. The maximum atomic E-state index is 12.1. The number of hydrogen-bond donors (Lipinski definition) is 3. The van der Waals surface area contributed by atoms with Crippen molar-refractivity contribution in [2.75, 3.05) is 7.11 Å². The van der Waals surface area contributed by atoms with Crippen molar-refractivity contribution in [3.05, 3.63) is 35.4 Å². The molecular weight excluding hydrogens is 310 g/mol. The SMILES string of the molecule is COC(=O)[C@@H](NC(=O)c1ccc(C#CC#C[C@H](C)O)cc1)[C@@H](C)O. The minimum Gasteiger partial charge on any atom is -0.467 e. The normalized spacial score (nSPS) is 13.2. The van der Waals surface area contributed by atoms with Crippen molar-refractivity contribution in [2.45, 2.75) is 32.1 Å². The summed E-state index contributed by atoms with van der Waals surface area (Å²) in [6.45, 7) is 2.92. The van der Waals surface area contributed by atoms with Crippen LogP contribution in [-0.2, 0) is 9.53 Å². The quantitative estimate of drug-likeness (QED) is 0.537. The van der Waals surface area contributed by atoms with Crippen molar-refractivity contribution in [3.8, 4) is 23.7 Å². The van der Waals surface area contributed by atoms with E-state index >= 15 is 0 Å². The minimum absolute atomic E-state index is 0.310. The van der Waals surface area contributed by atoms with Gasteiger partial charge in [0.2, 0.25) is 0 Å².